The number of aromatic nitrogens is 2. The van der Waals surface area contributed by atoms with Gasteiger partial charge in [0.1, 0.15) is 4.90 Å². The Bertz CT molecular complexity index is 832. The Morgan fingerprint density at radius 1 is 1.13 bits per heavy atom. The first-order chi connectivity index (χ1) is 10.7. The van der Waals surface area contributed by atoms with Gasteiger partial charge in [0.25, 0.3) is 0 Å². The van der Waals surface area contributed by atoms with Gasteiger partial charge in [-0.2, -0.15) is 9.40 Å². The largest absolute Gasteiger partial charge is 0.274 e. The van der Waals surface area contributed by atoms with Crippen molar-refractivity contribution in [3.05, 3.63) is 47.3 Å². The first-order valence-corrected chi connectivity index (χ1v) is 9.24. The van der Waals surface area contributed by atoms with E-state index in [2.05, 4.69) is 11.2 Å². The van der Waals surface area contributed by atoms with E-state index in [1.165, 1.54) is 5.56 Å². The molecule has 1 aromatic carbocycles. The summed E-state index contributed by atoms with van der Waals surface area (Å²) in [4.78, 5) is 0.326. The number of benzene rings is 1. The molecule has 0 aliphatic carbocycles. The number of fused-ring (bicyclic) bond motifs is 1. The predicted molar refractivity (Wildman–Crippen MR) is 89.6 cm³/mol. The maximum absolute atomic E-state index is 13.2. The first-order valence-electron chi connectivity index (χ1n) is 7.80. The van der Waals surface area contributed by atoms with Crippen LogP contribution in [-0.2, 0) is 35.5 Å². The van der Waals surface area contributed by atoms with Crippen molar-refractivity contribution in [3.63, 3.8) is 0 Å². The van der Waals surface area contributed by atoms with Gasteiger partial charge in [0.2, 0.25) is 10.0 Å². The molecule has 3 rings (SSSR count). The van der Waals surface area contributed by atoms with Crippen molar-refractivity contribution in [1.82, 2.24) is 14.1 Å². The van der Waals surface area contributed by atoms with Gasteiger partial charge in [-0.05, 0) is 17.5 Å². The lowest BCUT2D eigenvalue weighted by atomic mass is 9.92. The molecule has 0 amide bonds. The summed E-state index contributed by atoms with van der Waals surface area (Å²) in [6.07, 6.45) is 2.37. The molecule has 0 spiro atoms. The molecule has 0 N–H and O–H groups in total. The van der Waals surface area contributed by atoms with Gasteiger partial charge in [-0.1, -0.05) is 45.0 Å². The fourth-order valence-electron chi connectivity index (χ4n) is 2.99. The third-order valence-electron chi connectivity index (χ3n) is 4.22. The zero-order valence-electron chi connectivity index (χ0n) is 14.1. The van der Waals surface area contributed by atoms with Crippen LogP contribution in [0.3, 0.4) is 0 Å². The Hall–Kier alpha value is -1.66. The summed E-state index contributed by atoms with van der Waals surface area (Å²) >= 11 is 0. The molecular formula is C17H23N3O2S. The van der Waals surface area contributed by atoms with Crippen LogP contribution in [0.15, 0.2) is 35.4 Å². The van der Waals surface area contributed by atoms with Crippen LogP contribution in [0.5, 0.6) is 0 Å². The van der Waals surface area contributed by atoms with Crippen LogP contribution in [-0.4, -0.2) is 29.0 Å². The maximum atomic E-state index is 13.2. The van der Waals surface area contributed by atoms with E-state index in [0.717, 1.165) is 12.0 Å². The Morgan fingerprint density at radius 2 is 1.78 bits per heavy atom. The molecule has 0 bridgehead atoms. The minimum absolute atomic E-state index is 0.322. The highest BCUT2D eigenvalue weighted by Crippen LogP contribution is 2.31. The van der Waals surface area contributed by atoms with Crippen LogP contribution in [0.1, 0.15) is 37.6 Å². The predicted octanol–water partition coefficient (Wildman–Crippen LogP) is 2.46. The Kier molecular flexibility index (Phi) is 3.84. The monoisotopic (exact) mass is 333 g/mol. The third-order valence-corrected chi connectivity index (χ3v) is 6.07. The van der Waals surface area contributed by atoms with E-state index in [1.54, 1.807) is 22.2 Å². The van der Waals surface area contributed by atoms with E-state index in [4.69, 9.17) is 0 Å². The fourth-order valence-corrected chi connectivity index (χ4v) is 4.79. The molecule has 0 saturated heterocycles. The maximum Gasteiger partial charge on any atom is 0.246 e. The molecule has 23 heavy (non-hydrogen) atoms. The van der Waals surface area contributed by atoms with Gasteiger partial charge in [-0.15, -0.1) is 0 Å². The molecule has 0 fully saturated rings. The molecule has 0 radical (unpaired) electrons. The third kappa shape index (κ3) is 2.93. The molecule has 1 aliphatic heterocycles. The van der Waals surface area contributed by atoms with E-state index in [9.17, 15) is 8.42 Å². The highest BCUT2D eigenvalue weighted by atomic mass is 32.2. The summed E-state index contributed by atoms with van der Waals surface area (Å²) in [5.41, 5.74) is 2.63. The second-order valence-corrected chi connectivity index (χ2v) is 9.03. The average molecular weight is 333 g/mol. The zero-order valence-corrected chi connectivity index (χ0v) is 14.9. The summed E-state index contributed by atoms with van der Waals surface area (Å²) in [6, 6.07) is 8.04. The van der Waals surface area contributed by atoms with Gasteiger partial charge >= 0.3 is 0 Å². The zero-order chi connectivity index (χ0) is 16.8. The normalized spacial score (nSPS) is 16.3. The number of hydrogen-bond acceptors (Lipinski definition) is 3. The Balaban J connectivity index is 2.01. The van der Waals surface area contributed by atoms with Gasteiger partial charge in [-0.3, -0.25) is 4.68 Å². The topological polar surface area (TPSA) is 55.2 Å². The van der Waals surface area contributed by atoms with Gasteiger partial charge in [-0.25, -0.2) is 8.42 Å². The number of hydrogen-bond donors (Lipinski definition) is 0. The number of nitrogens with zero attached hydrogens (tertiary/aromatic N) is 3. The van der Waals surface area contributed by atoms with Gasteiger partial charge < -0.3 is 0 Å². The van der Waals surface area contributed by atoms with E-state index >= 15 is 0 Å². The van der Waals surface area contributed by atoms with Gasteiger partial charge in [0.05, 0.1) is 5.69 Å². The minimum atomic E-state index is -3.55. The van der Waals surface area contributed by atoms with Crippen molar-refractivity contribution in [1.29, 1.82) is 0 Å². The Morgan fingerprint density at radius 3 is 2.43 bits per heavy atom. The van der Waals surface area contributed by atoms with E-state index in [-0.39, 0.29) is 5.41 Å². The SMILES string of the molecule is Cn1cc(S(=O)(=O)N2CCc3ccccc3C2)c(C(C)(C)C)n1. The highest BCUT2D eigenvalue weighted by molar-refractivity contribution is 7.89. The molecule has 0 unspecified atom stereocenters. The van der Waals surface area contributed by atoms with Crippen LogP contribution in [0.2, 0.25) is 0 Å². The number of rotatable bonds is 2. The molecular weight excluding hydrogens is 310 g/mol. The van der Waals surface area contributed by atoms with Gasteiger partial charge in [0.15, 0.2) is 0 Å². The summed E-state index contributed by atoms with van der Waals surface area (Å²) < 4.78 is 29.5. The molecule has 2 heterocycles. The van der Waals surface area contributed by atoms with E-state index < -0.39 is 10.0 Å². The van der Waals surface area contributed by atoms with Crippen LogP contribution in [0, 0.1) is 0 Å². The smallest absolute Gasteiger partial charge is 0.246 e. The van der Waals surface area contributed by atoms with E-state index in [1.807, 2.05) is 39.0 Å². The Labute approximate surface area is 138 Å². The lowest BCUT2D eigenvalue weighted by molar-refractivity contribution is 0.389. The molecule has 2 aromatic rings. The number of sulfonamides is 1. The van der Waals surface area contributed by atoms with Gasteiger partial charge in [0, 0.05) is 31.7 Å². The highest BCUT2D eigenvalue weighted by Gasteiger charge is 2.35. The van der Waals surface area contributed by atoms with Crippen LogP contribution in [0.25, 0.3) is 0 Å². The first kappa shape index (κ1) is 16.2. The van der Waals surface area contributed by atoms with Crippen LogP contribution < -0.4 is 0 Å². The lowest BCUT2D eigenvalue weighted by Crippen LogP contribution is -2.36. The van der Waals surface area contributed by atoms with Crippen molar-refractivity contribution >= 4 is 10.0 Å². The summed E-state index contributed by atoms with van der Waals surface area (Å²) in [7, 11) is -1.78. The van der Waals surface area contributed by atoms with Crippen LogP contribution >= 0.6 is 0 Å². The molecule has 1 aliphatic rings. The minimum Gasteiger partial charge on any atom is -0.274 e. The van der Waals surface area contributed by atoms with Crippen molar-refractivity contribution in [2.75, 3.05) is 6.54 Å². The molecule has 1 aromatic heterocycles. The van der Waals surface area contributed by atoms with E-state index in [0.29, 0.717) is 23.7 Å². The summed E-state index contributed by atoms with van der Waals surface area (Å²) in [6.45, 7) is 6.90. The average Bonchev–Trinajstić information content (AvgIpc) is 2.90. The lowest BCUT2D eigenvalue weighted by Gasteiger charge is -2.28. The van der Waals surface area contributed by atoms with Crippen LogP contribution in [0.4, 0.5) is 0 Å². The quantitative estimate of drug-likeness (QED) is 0.848. The second kappa shape index (κ2) is 5.46. The van der Waals surface area contributed by atoms with Crippen molar-refractivity contribution in [2.24, 2.45) is 7.05 Å². The molecule has 0 atom stereocenters. The standard InChI is InChI=1S/C17H23N3O2S/c1-17(2,3)16-15(12-19(4)18-16)23(21,22)20-10-9-13-7-5-6-8-14(13)11-20/h5-8,12H,9-11H2,1-4H3. The van der Waals surface area contributed by atoms with Crippen molar-refractivity contribution < 1.29 is 8.42 Å². The molecule has 124 valence electrons. The summed E-state index contributed by atoms with van der Waals surface area (Å²) in [5, 5.41) is 4.40. The number of aryl methyl sites for hydroxylation is 1. The van der Waals surface area contributed by atoms with Crippen molar-refractivity contribution in [2.45, 2.75) is 44.0 Å². The summed E-state index contributed by atoms with van der Waals surface area (Å²) in [5.74, 6) is 0. The molecule has 0 saturated carbocycles. The molecule has 6 heteroatoms. The molecule has 5 nitrogen and oxygen atoms in total. The van der Waals surface area contributed by atoms with Crippen molar-refractivity contribution in [3.8, 4) is 0 Å². The fraction of sp³-hybridized carbons (Fsp3) is 0.471. The second-order valence-electron chi connectivity index (χ2n) is 7.12.